The van der Waals surface area contributed by atoms with E-state index in [0.29, 0.717) is 31.1 Å². The van der Waals surface area contributed by atoms with Gasteiger partial charge in [-0.1, -0.05) is 36.4 Å². The van der Waals surface area contributed by atoms with Gasteiger partial charge in [-0.05, 0) is 80.4 Å². The highest BCUT2D eigenvalue weighted by atomic mass is 32.2. The van der Waals surface area contributed by atoms with E-state index in [1.807, 2.05) is 44.2 Å². The van der Waals surface area contributed by atoms with Gasteiger partial charge in [-0.25, -0.2) is 0 Å². The largest absolute Gasteiger partial charge is 0.368 e. The lowest BCUT2D eigenvalue weighted by molar-refractivity contribution is -0.136. The number of piperazine rings is 1. The number of carbonyl (C=O) groups is 3. The number of hydrogen-bond donors (Lipinski definition) is 0. The normalized spacial score (nSPS) is 17.2. The summed E-state index contributed by atoms with van der Waals surface area (Å²) in [7, 11) is 0. The van der Waals surface area contributed by atoms with Crippen LogP contribution >= 0.6 is 11.8 Å². The second-order valence-electron chi connectivity index (χ2n) is 9.87. The summed E-state index contributed by atoms with van der Waals surface area (Å²) in [5, 5.41) is -0.402. The Morgan fingerprint density at radius 2 is 1.55 bits per heavy atom. The highest BCUT2D eigenvalue weighted by Crippen LogP contribution is 2.34. The van der Waals surface area contributed by atoms with Crippen molar-refractivity contribution in [3.63, 3.8) is 0 Å². The van der Waals surface area contributed by atoms with Crippen molar-refractivity contribution in [3.05, 3.63) is 87.6 Å². The average Bonchev–Trinajstić information content (AvgIpc) is 3.33. The van der Waals surface area contributed by atoms with Crippen molar-refractivity contribution in [3.8, 4) is 5.69 Å². The Hall–Kier alpha value is -3.78. The van der Waals surface area contributed by atoms with E-state index < -0.39 is 11.1 Å². The highest BCUT2D eigenvalue weighted by molar-refractivity contribution is 8.18. The molecule has 7 nitrogen and oxygen atoms in total. The number of hydrogen-bond acceptors (Lipinski definition) is 5. The number of anilines is 1. The quantitative estimate of drug-likeness (QED) is 0.432. The van der Waals surface area contributed by atoms with Crippen molar-refractivity contribution in [2.75, 3.05) is 37.6 Å². The average molecular weight is 529 g/mol. The fraction of sp³-hybridized carbons (Fsp3) is 0.300. The summed E-state index contributed by atoms with van der Waals surface area (Å²) in [5.74, 6) is -0.609. The zero-order valence-corrected chi connectivity index (χ0v) is 23.0. The van der Waals surface area contributed by atoms with Crippen molar-refractivity contribution in [2.24, 2.45) is 0 Å². The van der Waals surface area contributed by atoms with E-state index in [9.17, 15) is 14.4 Å². The summed E-state index contributed by atoms with van der Waals surface area (Å²) in [6.07, 6.45) is 1.78. The van der Waals surface area contributed by atoms with Gasteiger partial charge < -0.3 is 14.4 Å². The molecule has 2 aliphatic heterocycles. The van der Waals surface area contributed by atoms with Gasteiger partial charge in [0.1, 0.15) is 6.54 Å². The zero-order valence-electron chi connectivity index (χ0n) is 22.2. The monoisotopic (exact) mass is 528 g/mol. The molecule has 2 aromatic carbocycles. The van der Waals surface area contributed by atoms with Crippen LogP contribution in [0.1, 0.15) is 28.1 Å². The number of rotatable bonds is 5. The third kappa shape index (κ3) is 4.88. The number of aryl methyl sites for hydroxylation is 3. The van der Waals surface area contributed by atoms with Crippen molar-refractivity contribution >= 4 is 40.6 Å². The smallest absolute Gasteiger partial charge is 0.294 e. The van der Waals surface area contributed by atoms with E-state index in [-0.39, 0.29) is 12.5 Å². The van der Waals surface area contributed by atoms with Crippen molar-refractivity contribution in [2.45, 2.75) is 27.7 Å². The molecular weight excluding hydrogens is 496 g/mol. The summed E-state index contributed by atoms with van der Waals surface area (Å²) in [4.78, 5) is 44.3. The van der Waals surface area contributed by atoms with Gasteiger partial charge in [-0.15, -0.1) is 0 Å². The van der Waals surface area contributed by atoms with Gasteiger partial charge in [-0.2, -0.15) is 0 Å². The molecule has 1 aromatic heterocycles. The minimum Gasteiger partial charge on any atom is -0.368 e. The van der Waals surface area contributed by atoms with Gasteiger partial charge in [0, 0.05) is 43.3 Å². The van der Waals surface area contributed by atoms with Crippen LogP contribution in [0.25, 0.3) is 11.8 Å². The standard InChI is InChI=1S/C30H32N4O3S/c1-20-9-8-10-21(2)28(20)34-22(3)17-24(23(34)4)18-26-29(36)33(30(37)38-26)19-27(35)32-15-13-31(14-16-32)25-11-6-5-7-12-25/h5-12,17-18H,13-16,19H2,1-4H3/b26-18+. The zero-order chi connectivity index (χ0) is 27.0. The number of para-hydroxylation sites is 2. The molecule has 196 valence electrons. The van der Waals surface area contributed by atoms with E-state index in [1.165, 1.54) is 11.1 Å². The molecule has 2 saturated heterocycles. The predicted molar refractivity (Wildman–Crippen MR) is 153 cm³/mol. The molecule has 0 bridgehead atoms. The lowest BCUT2D eigenvalue weighted by atomic mass is 10.1. The molecule has 0 atom stereocenters. The number of carbonyl (C=O) groups excluding carboxylic acids is 3. The van der Waals surface area contributed by atoms with Gasteiger partial charge in [0.05, 0.1) is 10.6 Å². The SMILES string of the molecule is Cc1cccc(C)c1-n1c(C)cc(/C=C2/SC(=O)N(CC(=O)N3CCN(c4ccccc4)CC3)C2=O)c1C. The Morgan fingerprint density at radius 1 is 0.895 bits per heavy atom. The predicted octanol–water partition coefficient (Wildman–Crippen LogP) is 5.10. The molecule has 5 rings (SSSR count). The van der Waals surface area contributed by atoms with Gasteiger partial charge in [-0.3, -0.25) is 19.3 Å². The van der Waals surface area contributed by atoms with Crippen LogP contribution in [0, 0.1) is 27.7 Å². The number of nitrogens with zero attached hydrogens (tertiary/aromatic N) is 4. The lowest BCUT2D eigenvalue weighted by Crippen LogP contribution is -2.51. The minimum atomic E-state index is -0.409. The molecule has 38 heavy (non-hydrogen) atoms. The molecule has 8 heteroatoms. The highest BCUT2D eigenvalue weighted by Gasteiger charge is 2.37. The van der Waals surface area contributed by atoms with E-state index in [1.54, 1.807) is 11.0 Å². The molecule has 2 aliphatic rings. The van der Waals surface area contributed by atoms with Crippen LogP contribution in [0.4, 0.5) is 10.5 Å². The van der Waals surface area contributed by atoms with Crippen LogP contribution in [0.2, 0.25) is 0 Å². The van der Waals surface area contributed by atoms with Crippen LogP contribution in [0.5, 0.6) is 0 Å². The van der Waals surface area contributed by atoms with Crippen molar-refractivity contribution < 1.29 is 14.4 Å². The van der Waals surface area contributed by atoms with Crippen LogP contribution in [-0.2, 0) is 9.59 Å². The molecule has 2 fully saturated rings. The number of thioether (sulfide) groups is 1. The number of aromatic nitrogens is 1. The third-order valence-corrected chi connectivity index (χ3v) is 8.25. The second kappa shape index (κ2) is 10.5. The number of amides is 3. The Bertz CT molecular complexity index is 1410. The summed E-state index contributed by atoms with van der Waals surface area (Å²) in [6, 6.07) is 18.4. The first-order valence-electron chi connectivity index (χ1n) is 12.8. The molecule has 3 heterocycles. The molecule has 0 N–H and O–H groups in total. The fourth-order valence-electron chi connectivity index (χ4n) is 5.30. The molecule has 3 aromatic rings. The van der Waals surface area contributed by atoms with Gasteiger partial charge in [0.25, 0.3) is 11.1 Å². The summed E-state index contributed by atoms with van der Waals surface area (Å²) >= 11 is 0.899. The molecular formula is C30H32N4O3S. The maximum atomic E-state index is 13.2. The van der Waals surface area contributed by atoms with Gasteiger partial charge >= 0.3 is 0 Å². The lowest BCUT2D eigenvalue weighted by Gasteiger charge is -2.36. The van der Waals surface area contributed by atoms with Crippen molar-refractivity contribution in [1.82, 2.24) is 14.4 Å². The second-order valence-corrected chi connectivity index (χ2v) is 10.9. The molecule has 0 saturated carbocycles. The van der Waals surface area contributed by atoms with E-state index >= 15 is 0 Å². The third-order valence-electron chi connectivity index (χ3n) is 7.34. The van der Waals surface area contributed by atoms with Crippen LogP contribution in [0.3, 0.4) is 0 Å². The fourth-order valence-corrected chi connectivity index (χ4v) is 6.13. The molecule has 3 amide bonds. The number of imide groups is 1. The van der Waals surface area contributed by atoms with Crippen LogP contribution in [-0.4, -0.2) is 64.1 Å². The van der Waals surface area contributed by atoms with E-state index in [2.05, 4.69) is 47.6 Å². The van der Waals surface area contributed by atoms with Crippen molar-refractivity contribution in [1.29, 1.82) is 0 Å². The minimum absolute atomic E-state index is 0.200. The molecule has 0 spiro atoms. The topological polar surface area (TPSA) is 65.9 Å². The van der Waals surface area contributed by atoms with E-state index in [0.717, 1.165) is 45.0 Å². The first-order valence-corrected chi connectivity index (χ1v) is 13.6. The number of benzene rings is 2. The summed E-state index contributed by atoms with van der Waals surface area (Å²) < 4.78 is 2.19. The molecule has 0 unspecified atom stereocenters. The Labute approximate surface area is 227 Å². The molecule has 0 radical (unpaired) electrons. The summed E-state index contributed by atoms with van der Waals surface area (Å²) in [6.45, 7) is 10.6. The van der Waals surface area contributed by atoms with E-state index in [4.69, 9.17) is 0 Å². The van der Waals surface area contributed by atoms with Crippen LogP contribution in [0.15, 0.2) is 59.5 Å². The van der Waals surface area contributed by atoms with Crippen LogP contribution < -0.4 is 4.90 Å². The molecule has 0 aliphatic carbocycles. The maximum Gasteiger partial charge on any atom is 0.294 e. The maximum absolute atomic E-state index is 13.2. The first kappa shape index (κ1) is 25.9. The summed E-state index contributed by atoms with van der Waals surface area (Å²) in [5.41, 5.74) is 7.54. The van der Waals surface area contributed by atoms with Gasteiger partial charge in [0.2, 0.25) is 5.91 Å². The Kier molecular flexibility index (Phi) is 7.17. The Balaban J connectivity index is 1.28. The first-order chi connectivity index (χ1) is 18.2. The van der Waals surface area contributed by atoms with Gasteiger partial charge in [0.15, 0.2) is 0 Å². The Morgan fingerprint density at radius 3 is 2.21 bits per heavy atom.